The Bertz CT molecular complexity index is 554. The third-order valence-electron chi connectivity index (χ3n) is 3.18. The highest BCUT2D eigenvalue weighted by Gasteiger charge is 2.09. The smallest absolute Gasteiger partial charge is 0.332 e. The van der Waals surface area contributed by atoms with Crippen molar-refractivity contribution in [1.29, 1.82) is 0 Å². The lowest BCUT2D eigenvalue weighted by molar-refractivity contribution is -0.149. The summed E-state index contributed by atoms with van der Waals surface area (Å²) in [7, 11) is 0. The van der Waals surface area contributed by atoms with Crippen molar-refractivity contribution in [3.8, 4) is 0 Å². The molecule has 22 heavy (non-hydrogen) atoms. The number of rotatable bonds is 8. The predicted molar refractivity (Wildman–Crippen MR) is 83.3 cm³/mol. The molecular weight excluding hydrogens is 280 g/mol. The van der Waals surface area contributed by atoms with Crippen molar-refractivity contribution in [3.63, 3.8) is 0 Å². The summed E-state index contributed by atoms with van der Waals surface area (Å²) in [5, 5.41) is 9.88. The molecule has 4 nitrogen and oxygen atoms in total. The third-order valence-corrected chi connectivity index (χ3v) is 3.18. The molecule has 0 radical (unpaired) electrons. The molecule has 0 amide bonds. The number of hydrogen-bond acceptors (Lipinski definition) is 4. The molecule has 0 aliphatic rings. The van der Waals surface area contributed by atoms with E-state index in [0.29, 0.717) is 13.0 Å². The monoisotopic (exact) mass is 300 g/mol. The molecule has 116 valence electrons. The Morgan fingerprint density at radius 2 is 1.64 bits per heavy atom. The first-order chi connectivity index (χ1) is 10.8. The number of aliphatic hydroxyl groups excluding tert-OH is 1. The minimum absolute atomic E-state index is 0.0673. The molecule has 0 saturated carbocycles. The lowest BCUT2D eigenvalue weighted by Gasteiger charge is -2.11. The molecule has 1 N–H and O–H groups in total. The van der Waals surface area contributed by atoms with Gasteiger partial charge in [-0.1, -0.05) is 60.7 Å². The summed E-state index contributed by atoms with van der Waals surface area (Å²) in [5.74, 6) is -0.420. The lowest BCUT2D eigenvalue weighted by atomic mass is 10.1. The Morgan fingerprint density at radius 1 is 1.00 bits per heavy atom. The summed E-state index contributed by atoms with van der Waals surface area (Å²) in [5.41, 5.74) is 1.88. The zero-order valence-corrected chi connectivity index (χ0v) is 12.4. The maximum Gasteiger partial charge on any atom is 0.332 e. The second-order valence-corrected chi connectivity index (χ2v) is 4.90. The topological polar surface area (TPSA) is 55.8 Å². The highest BCUT2D eigenvalue weighted by Crippen LogP contribution is 2.11. The fourth-order valence-electron chi connectivity index (χ4n) is 1.99. The number of aliphatic hydroxyl groups is 1. The van der Waals surface area contributed by atoms with Crippen LogP contribution in [0.3, 0.4) is 0 Å². The van der Waals surface area contributed by atoms with Gasteiger partial charge in [0, 0.05) is 6.42 Å². The van der Waals surface area contributed by atoms with Crippen LogP contribution in [0.1, 0.15) is 17.2 Å². The highest BCUT2D eigenvalue weighted by atomic mass is 16.6. The van der Waals surface area contributed by atoms with Gasteiger partial charge < -0.3 is 14.6 Å². The minimum Gasteiger partial charge on any atom is -0.464 e. The molecule has 2 aromatic carbocycles. The van der Waals surface area contributed by atoms with Crippen LogP contribution in [0.2, 0.25) is 0 Å². The fourth-order valence-corrected chi connectivity index (χ4v) is 1.99. The Balaban J connectivity index is 1.60. The number of ether oxygens (including phenoxy) is 2. The second-order valence-electron chi connectivity index (χ2n) is 4.90. The summed E-state index contributed by atoms with van der Waals surface area (Å²) >= 11 is 0. The van der Waals surface area contributed by atoms with Gasteiger partial charge in [0.2, 0.25) is 0 Å². The van der Waals surface area contributed by atoms with Crippen molar-refractivity contribution < 1.29 is 19.4 Å². The average molecular weight is 300 g/mol. The number of carbonyl (C=O) groups is 1. The molecule has 0 aromatic heterocycles. The Kier molecular flexibility index (Phi) is 6.61. The van der Waals surface area contributed by atoms with Crippen LogP contribution in [0.25, 0.3) is 0 Å². The van der Waals surface area contributed by atoms with E-state index in [4.69, 9.17) is 9.47 Å². The molecule has 0 spiro atoms. The fraction of sp³-hybridized carbons (Fsp3) is 0.278. The Labute approximate surface area is 130 Å². The van der Waals surface area contributed by atoms with Crippen molar-refractivity contribution in [2.45, 2.75) is 12.5 Å². The Hall–Kier alpha value is -2.17. The molecule has 2 rings (SSSR count). The first-order valence-electron chi connectivity index (χ1n) is 7.26. The number of carbonyl (C=O) groups excluding carboxylic acids is 1. The van der Waals surface area contributed by atoms with Gasteiger partial charge in [-0.3, -0.25) is 0 Å². The molecule has 1 unspecified atom stereocenters. The summed E-state index contributed by atoms with van der Waals surface area (Å²) in [6.45, 7) is 0.240. The molecule has 2 aromatic rings. The average Bonchev–Trinajstić information content (AvgIpc) is 2.56. The van der Waals surface area contributed by atoms with Crippen LogP contribution in [0.15, 0.2) is 60.7 Å². The van der Waals surface area contributed by atoms with Crippen LogP contribution in [-0.4, -0.2) is 30.9 Å². The maximum absolute atomic E-state index is 11.5. The van der Waals surface area contributed by atoms with Crippen LogP contribution in [0.5, 0.6) is 0 Å². The van der Waals surface area contributed by atoms with Gasteiger partial charge in [-0.25, -0.2) is 4.79 Å². The minimum atomic E-state index is -0.738. The van der Waals surface area contributed by atoms with Gasteiger partial charge >= 0.3 is 5.97 Å². The van der Waals surface area contributed by atoms with Gasteiger partial charge in [-0.2, -0.15) is 0 Å². The highest BCUT2D eigenvalue weighted by molar-refractivity contribution is 5.70. The van der Waals surface area contributed by atoms with Crippen LogP contribution < -0.4 is 0 Å². The van der Waals surface area contributed by atoms with Gasteiger partial charge in [0.15, 0.2) is 0 Å². The van der Waals surface area contributed by atoms with Crippen LogP contribution >= 0.6 is 0 Å². The lowest BCUT2D eigenvalue weighted by Crippen LogP contribution is -2.17. The van der Waals surface area contributed by atoms with E-state index in [0.717, 1.165) is 11.1 Å². The quantitative estimate of drug-likeness (QED) is 0.761. The van der Waals surface area contributed by atoms with E-state index >= 15 is 0 Å². The molecule has 1 atom stereocenters. The largest absolute Gasteiger partial charge is 0.464 e. The van der Waals surface area contributed by atoms with Crippen molar-refractivity contribution in [2.75, 3.05) is 19.8 Å². The number of esters is 1. The third kappa shape index (κ3) is 5.68. The number of hydrogen-bond donors (Lipinski definition) is 1. The number of benzene rings is 2. The maximum atomic E-state index is 11.5. The van der Waals surface area contributed by atoms with Gasteiger partial charge in [0.05, 0.1) is 13.2 Å². The van der Waals surface area contributed by atoms with Gasteiger partial charge in [0.1, 0.15) is 12.7 Å². The van der Waals surface area contributed by atoms with Crippen LogP contribution in [0, 0.1) is 0 Å². The van der Waals surface area contributed by atoms with E-state index in [-0.39, 0.29) is 13.2 Å². The van der Waals surface area contributed by atoms with Crippen LogP contribution in [0.4, 0.5) is 0 Å². The second kappa shape index (κ2) is 8.97. The zero-order chi connectivity index (χ0) is 15.6. The van der Waals surface area contributed by atoms with Crippen molar-refractivity contribution in [3.05, 3.63) is 71.8 Å². The summed E-state index contributed by atoms with van der Waals surface area (Å²) in [6, 6.07) is 19.0. The molecule has 0 heterocycles. The van der Waals surface area contributed by atoms with Gasteiger partial charge in [-0.15, -0.1) is 0 Å². The van der Waals surface area contributed by atoms with Crippen molar-refractivity contribution in [2.24, 2.45) is 0 Å². The van der Waals surface area contributed by atoms with E-state index in [2.05, 4.69) is 0 Å². The van der Waals surface area contributed by atoms with E-state index in [1.807, 2.05) is 60.7 Å². The molecular formula is C18H20O4. The molecule has 0 bridgehead atoms. The Morgan fingerprint density at radius 3 is 2.32 bits per heavy atom. The predicted octanol–water partition coefficient (Wildman–Crippen LogP) is 2.52. The molecule has 0 fully saturated rings. The first-order valence-corrected chi connectivity index (χ1v) is 7.26. The van der Waals surface area contributed by atoms with Crippen LogP contribution in [-0.2, 0) is 20.7 Å². The molecule has 0 aliphatic heterocycles. The zero-order valence-electron chi connectivity index (χ0n) is 12.4. The van der Waals surface area contributed by atoms with E-state index in [1.54, 1.807) is 0 Å². The first kappa shape index (κ1) is 16.2. The van der Waals surface area contributed by atoms with E-state index < -0.39 is 12.1 Å². The normalized spacial score (nSPS) is 11.9. The summed E-state index contributed by atoms with van der Waals surface area (Å²) in [4.78, 5) is 11.5. The van der Waals surface area contributed by atoms with Crippen molar-refractivity contribution in [1.82, 2.24) is 0 Å². The standard InChI is InChI=1S/C18H20O4/c19-17(16-9-5-2-6-10-16)13-21-14-18(20)22-12-11-15-7-3-1-4-8-15/h1-10,17,19H,11-14H2. The van der Waals surface area contributed by atoms with Gasteiger partial charge in [-0.05, 0) is 11.1 Å². The molecule has 0 saturated heterocycles. The SMILES string of the molecule is O=C(COCC(O)c1ccccc1)OCCc1ccccc1. The van der Waals surface area contributed by atoms with E-state index in [9.17, 15) is 9.90 Å². The van der Waals surface area contributed by atoms with E-state index in [1.165, 1.54) is 0 Å². The summed E-state index contributed by atoms with van der Waals surface area (Å²) < 4.78 is 10.3. The summed E-state index contributed by atoms with van der Waals surface area (Å²) in [6.07, 6.45) is -0.0579. The molecule has 4 heteroatoms. The van der Waals surface area contributed by atoms with Crippen molar-refractivity contribution >= 4 is 5.97 Å². The molecule has 0 aliphatic carbocycles. The van der Waals surface area contributed by atoms with Gasteiger partial charge in [0.25, 0.3) is 0 Å².